The molecule has 0 bridgehead atoms. The first kappa shape index (κ1) is 18.2. The summed E-state index contributed by atoms with van der Waals surface area (Å²) in [5, 5.41) is 1.09. The van der Waals surface area contributed by atoms with Gasteiger partial charge < -0.3 is 14.8 Å². The molecule has 29 heavy (non-hydrogen) atoms. The Morgan fingerprint density at radius 1 is 1.17 bits per heavy atom. The molecule has 2 aliphatic heterocycles. The molecule has 4 heterocycles. The Hall–Kier alpha value is -2.89. The highest BCUT2D eigenvalue weighted by molar-refractivity contribution is 5.87. The van der Waals surface area contributed by atoms with E-state index in [4.69, 9.17) is 0 Å². The molecule has 1 N–H and O–H groups in total. The minimum Gasteiger partial charge on any atom is -0.356 e. The summed E-state index contributed by atoms with van der Waals surface area (Å²) in [6.07, 6.45) is 7.79. The largest absolute Gasteiger partial charge is 0.356 e. The molecule has 2 aliphatic rings. The number of piperidine rings is 1. The van der Waals surface area contributed by atoms with Crippen molar-refractivity contribution in [2.24, 2.45) is 5.41 Å². The van der Waals surface area contributed by atoms with Crippen molar-refractivity contribution in [1.29, 1.82) is 0 Å². The third kappa shape index (κ3) is 3.37. The van der Waals surface area contributed by atoms with Gasteiger partial charge in [-0.3, -0.25) is 4.79 Å². The van der Waals surface area contributed by atoms with Crippen molar-refractivity contribution in [1.82, 2.24) is 19.9 Å². The van der Waals surface area contributed by atoms with E-state index in [1.54, 1.807) is 13.3 Å². The van der Waals surface area contributed by atoms with Crippen molar-refractivity contribution in [3.63, 3.8) is 0 Å². The van der Waals surface area contributed by atoms with Crippen LogP contribution in [0, 0.1) is 5.41 Å². The number of rotatable bonds is 3. The highest BCUT2D eigenvalue weighted by Crippen LogP contribution is 2.45. The number of fused-ring (bicyclic) bond motifs is 1. The molecular formula is C23H27N5O. The highest BCUT2D eigenvalue weighted by Gasteiger charge is 2.46. The molecule has 150 valence electrons. The lowest BCUT2D eigenvalue weighted by atomic mass is 9.76. The second-order valence-corrected chi connectivity index (χ2v) is 8.62. The molecular weight excluding hydrogens is 362 g/mol. The van der Waals surface area contributed by atoms with E-state index in [1.807, 2.05) is 12.3 Å². The van der Waals surface area contributed by atoms with Gasteiger partial charge in [-0.05, 0) is 42.7 Å². The van der Waals surface area contributed by atoms with Crippen molar-refractivity contribution in [2.45, 2.75) is 38.6 Å². The standard InChI is InChI=1S/C23H27N5O/c1-17(29)28-15-23(14-19(28)13-18-5-3-2-4-6-18)8-11-27(12-9-23)22-20-7-10-24-21(20)25-16-26-22/h2-7,10,16,19H,8-9,11-15H2,1H3,(H,24,25,26). The maximum absolute atomic E-state index is 12.4. The van der Waals surface area contributed by atoms with Crippen molar-refractivity contribution in [3.05, 3.63) is 54.5 Å². The Balaban J connectivity index is 1.32. The number of hydrogen-bond donors (Lipinski definition) is 1. The van der Waals surface area contributed by atoms with Gasteiger partial charge in [0.2, 0.25) is 5.91 Å². The van der Waals surface area contributed by atoms with Crippen LogP contribution in [0.5, 0.6) is 0 Å². The number of likely N-dealkylation sites (tertiary alicyclic amines) is 1. The number of benzene rings is 1. The van der Waals surface area contributed by atoms with Crippen LogP contribution in [0.3, 0.4) is 0 Å². The minimum absolute atomic E-state index is 0.204. The lowest BCUT2D eigenvalue weighted by molar-refractivity contribution is -0.130. The predicted octanol–water partition coefficient (Wildman–Crippen LogP) is 3.41. The van der Waals surface area contributed by atoms with Gasteiger partial charge in [-0.15, -0.1) is 0 Å². The molecule has 0 aliphatic carbocycles. The number of carbonyl (C=O) groups is 1. The summed E-state index contributed by atoms with van der Waals surface area (Å²) >= 11 is 0. The number of nitrogens with zero attached hydrogens (tertiary/aromatic N) is 4. The Morgan fingerprint density at radius 2 is 1.97 bits per heavy atom. The average molecular weight is 390 g/mol. The first-order chi connectivity index (χ1) is 14.1. The minimum atomic E-state index is 0.204. The fourth-order valence-electron chi connectivity index (χ4n) is 5.27. The van der Waals surface area contributed by atoms with Gasteiger partial charge in [0.1, 0.15) is 17.8 Å². The number of anilines is 1. The van der Waals surface area contributed by atoms with Gasteiger partial charge in [-0.1, -0.05) is 30.3 Å². The lowest BCUT2D eigenvalue weighted by Gasteiger charge is -2.39. The topological polar surface area (TPSA) is 65.1 Å². The summed E-state index contributed by atoms with van der Waals surface area (Å²) in [5.41, 5.74) is 2.43. The molecule has 6 nitrogen and oxygen atoms in total. The number of hydrogen-bond acceptors (Lipinski definition) is 4. The fraction of sp³-hybridized carbons (Fsp3) is 0.435. The molecule has 1 amide bonds. The number of amides is 1. The average Bonchev–Trinajstić information content (AvgIpc) is 3.35. The Bertz CT molecular complexity index is 1010. The van der Waals surface area contributed by atoms with Crippen molar-refractivity contribution in [3.8, 4) is 0 Å². The molecule has 0 radical (unpaired) electrons. The molecule has 2 fully saturated rings. The van der Waals surface area contributed by atoms with E-state index in [0.717, 1.165) is 62.2 Å². The summed E-state index contributed by atoms with van der Waals surface area (Å²) in [4.78, 5) is 28.9. The monoisotopic (exact) mass is 389 g/mol. The van der Waals surface area contributed by atoms with E-state index in [0.29, 0.717) is 6.04 Å². The molecule has 1 spiro atoms. The molecule has 1 aromatic carbocycles. The summed E-state index contributed by atoms with van der Waals surface area (Å²) in [5.74, 6) is 1.23. The molecule has 2 aromatic heterocycles. The van der Waals surface area contributed by atoms with E-state index in [9.17, 15) is 4.79 Å². The molecule has 3 aromatic rings. The van der Waals surface area contributed by atoms with Crippen LogP contribution < -0.4 is 4.90 Å². The fourth-order valence-corrected chi connectivity index (χ4v) is 5.27. The van der Waals surface area contributed by atoms with Crippen molar-refractivity contribution >= 4 is 22.8 Å². The number of nitrogens with one attached hydrogen (secondary N) is 1. The van der Waals surface area contributed by atoms with Gasteiger partial charge in [0, 0.05) is 38.8 Å². The van der Waals surface area contributed by atoms with Crippen LogP contribution in [0.4, 0.5) is 5.82 Å². The van der Waals surface area contributed by atoms with Gasteiger partial charge in [0.25, 0.3) is 0 Å². The molecule has 2 saturated heterocycles. The van der Waals surface area contributed by atoms with Gasteiger partial charge in [-0.25, -0.2) is 9.97 Å². The third-order valence-electron chi connectivity index (χ3n) is 6.79. The van der Waals surface area contributed by atoms with Gasteiger partial charge in [0.05, 0.1) is 5.39 Å². The zero-order valence-corrected chi connectivity index (χ0v) is 16.8. The highest BCUT2D eigenvalue weighted by atomic mass is 16.2. The summed E-state index contributed by atoms with van der Waals surface area (Å²) in [6.45, 7) is 4.55. The summed E-state index contributed by atoms with van der Waals surface area (Å²) in [6, 6.07) is 12.9. The molecule has 6 heteroatoms. The quantitative estimate of drug-likeness (QED) is 0.746. The van der Waals surface area contributed by atoms with E-state index in [1.165, 1.54) is 5.56 Å². The van der Waals surface area contributed by atoms with Crippen LogP contribution in [0.2, 0.25) is 0 Å². The lowest BCUT2D eigenvalue weighted by Crippen LogP contribution is -2.42. The third-order valence-corrected chi connectivity index (χ3v) is 6.79. The predicted molar refractivity (Wildman–Crippen MR) is 114 cm³/mol. The normalized spacial score (nSPS) is 21.2. The summed E-state index contributed by atoms with van der Waals surface area (Å²) < 4.78 is 0. The zero-order chi connectivity index (χ0) is 19.8. The zero-order valence-electron chi connectivity index (χ0n) is 16.8. The second kappa shape index (κ2) is 7.17. The maximum atomic E-state index is 12.4. The molecule has 0 saturated carbocycles. The Kier molecular flexibility index (Phi) is 4.49. The smallest absolute Gasteiger partial charge is 0.219 e. The number of aromatic amines is 1. The van der Waals surface area contributed by atoms with Crippen LogP contribution in [0.25, 0.3) is 11.0 Å². The van der Waals surface area contributed by atoms with E-state index in [2.05, 4.69) is 55.1 Å². The Morgan fingerprint density at radius 3 is 2.72 bits per heavy atom. The van der Waals surface area contributed by atoms with Crippen LogP contribution in [0.15, 0.2) is 48.9 Å². The van der Waals surface area contributed by atoms with Crippen LogP contribution >= 0.6 is 0 Å². The SMILES string of the molecule is CC(=O)N1CC2(CCN(c3ncnc4[nH]ccc34)CC2)CC1Cc1ccccc1. The van der Waals surface area contributed by atoms with E-state index >= 15 is 0 Å². The first-order valence-corrected chi connectivity index (χ1v) is 10.5. The van der Waals surface area contributed by atoms with Gasteiger partial charge in [-0.2, -0.15) is 0 Å². The van der Waals surface area contributed by atoms with E-state index < -0.39 is 0 Å². The van der Waals surface area contributed by atoms with E-state index in [-0.39, 0.29) is 11.3 Å². The van der Waals surface area contributed by atoms with Crippen molar-refractivity contribution < 1.29 is 4.79 Å². The van der Waals surface area contributed by atoms with Gasteiger partial charge >= 0.3 is 0 Å². The second-order valence-electron chi connectivity index (χ2n) is 8.62. The number of carbonyl (C=O) groups excluding carboxylic acids is 1. The molecule has 1 unspecified atom stereocenters. The van der Waals surface area contributed by atoms with Crippen LogP contribution in [-0.4, -0.2) is 51.4 Å². The summed E-state index contributed by atoms with van der Waals surface area (Å²) in [7, 11) is 0. The van der Waals surface area contributed by atoms with Crippen LogP contribution in [0.1, 0.15) is 31.7 Å². The first-order valence-electron chi connectivity index (χ1n) is 10.5. The number of H-pyrrole nitrogens is 1. The van der Waals surface area contributed by atoms with Crippen molar-refractivity contribution in [2.75, 3.05) is 24.5 Å². The number of aromatic nitrogens is 3. The Labute approximate surface area is 171 Å². The molecule has 5 rings (SSSR count). The van der Waals surface area contributed by atoms with Crippen LogP contribution in [-0.2, 0) is 11.2 Å². The maximum Gasteiger partial charge on any atom is 0.219 e. The van der Waals surface area contributed by atoms with Gasteiger partial charge in [0.15, 0.2) is 0 Å². The molecule has 1 atom stereocenters.